The van der Waals surface area contributed by atoms with E-state index in [-0.39, 0.29) is 0 Å². The Hall–Kier alpha value is -3.79. The Balaban J connectivity index is 2.03. The summed E-state index contributed by atoms with van der Waals surface area (Å²) in [6.07, 6.45) is 3.27. The van der Waals surface area contributed by atoms with Crippen molar-refractivity contribution in [1.82, 2.24) is 9.97 Å². The molecule has 4 rings (SSSR count). The van der Waals surface area contributed by atoms with Crippen molar-refractivity contribution in [3.63, 3.8) is 0 Å². The molecule has 1 heterocycles. The topological polar surface area (TPSA) is 61.7 Å². The average molecular weight is 378 g/mol. The minimum Gasteiger partial charge on any atom is -0.351 e. The molecule has 0 saturated heterocycles. The molecule has 0 bridgehead atoms. The molecule has 29 heavy (non-hydrogen) atoms. The first-order chi connectivity index (χ1) is 14.2. The van der Waals surface area contributed by atoms with Crippen LogP contribution >= 0.6 is 0 Å². The maximum Gasteiger partial charge on any atom is 0.155 e. The van der Waals surface area contributed by atoms with E-state index in [0.29, 0.717) is 17.2 Å². The monoisotopic (exact) mass is 378 g/mol. The van der Waals surface area contributed by atoms with E-state index in [1.807, 2.05) is 54.6 Å². The summed E-state index contributed by atoms with van der Waals surface area (Å²) < 4.78 is 0. The molecule has 0 atom stereocenters. The van der Waals surface area contributed by atoms with Gasteiger partial charge in [-0.2, -0.15) is 0 Å². The predicted octanol–water partition coefficient (Wildman–Crippen LogP) is 5.27. The Morgan fingerprint density at radius 1 is 0.690 bits per heavy atom. The van der Waals surface area contributed by atoms with E-state index < -0.39 is 5.54 Å². The quantitative estimate of drug-likeness (QED) is 0.355. The zero-order valence-electron chi connectivity index (χ0n) is 16.2. The molecular formula is C25H22N4. The molecule has 0 radical (unpaired) electrons. The summed E-state index contributed by atoms with van der Waals surface area (Å²) in [6, 6.07) is 30.9. The zero-order chi connectivity index (χ0) is 20.1. The van der Waals surface area contributed by atoms with E-state index in [1.165, 1.54) is 0 Å². The molecule has 1 aromatic heterocycles. The number of rotatable bonds is 6. The molecule has 142 valence electrons. The van der Waals surface area contributed by atoms with Crippen LogP contribution in [0.5, 0.6) is 0 Å². The van der Waals surface area contributed by atoms with Gasteiger partial charge in [-0.1, -0.05) is 91.0 Å². The lowest BCUT2D eigenvalue weighted by atomic mass is 9.77. The minimum atomic E-state index is -0.690. The number of anilines is 1. The summed E-state index contributed by atoms with van der Waals surface area (Å²) in [4.78, 5) is 8.94. The SMILES string of the molecule is CC(=N)c1nccnc1NC(c1ccccc1)(c1ccccc1)c1ccccc1. The van der Waals surface area contributed by atoms with Gasteiger partial charge in [0.2, 0.25) is 0 Å². The van der Waals surface area contributed by atoms with Crippen LogP contribution in [0.3, 0.4) is 0 Å². The van der Waals surface area contributed by atoms with Crippen molar-refractivity contribution in [2.24, 2.45) is 0 Å². The third-order valence-corrected chi connectivity index (χ3v) is 4.98. The number of hydrogen-bond donors (Lipinski definition) is 2. The van der Waals surface area contributed by atoms with Gasteiger partial charge in [0.25, 0.3) is 0 Å². The lowest BCUT2D eigenvalue weighted by Gasteiger charge is -2.37. The van der Waals surface area contributed by atoms with E-state index in [2.05, 4.69) is 51.7 Å². The van der Waals surface area contributed by atoms with Crippen LogP contribution in [0.1, 0.15) is 29.3 Å². The molecule has 3 aromatic carbocycles. The van der Waals surface area contributed by atoms with Gasteiger partial charge in [0.15, 0.2) is 5.82 Å². The van der Waals surface area contributed by atoms with Crippen LogP contribution in [-0.2, 0) is 5.54 Å². The summed E-state index contributed by atoms with van der Waals surface area (Å²) in [5, 5.41) is 11.8. The van der Waals surface area contributed by atoms with Crippen LogP contribution in [0.25, 0.3) is 0 Å². The molecule has 0 unspecified atom stereocenters. The number of benzene rings is 3. The number of aromatic nitrogens is 2. The fourth-order valence-corrected chi connectivity index (χ4v) is 3.66. The van der Waals surface area contributed by atoms with Crippen molar-refractivity contribution in [2.75, 3.05) is 5.32 Å². The van der Waals surface area contributed by atoms with Crippen molar-refractivity contribution in [1.29, 1.82) is 5.41 Å². The van der Waals surface area contributed by atoms with Crippen LogP contribution in [0.15, 0.2) is 103 Å². The Bertz CT molecular complexity index is 997. The lowest BCUT2D eigenvalue weighted by Crippen LogP contribution is -2.39. The van der Waals surface area contributed by atoms with E-state index in [9.17, 15) is 0 Å². The Labute approximate surface area is 170 Å². The molecule has 4 aromatic rings. The van der Waals surface area contributed by atoms with Crippen molar-refractivity contribution in [3.05, 3.63) is 126 Å². The van der Waals surface area contributed by atoms with Crippen LogP contribution in [0.4, 0.5) is 5.82 Å². The molecule has 0 fully saturated rings. The summed E-state index contributed by atoms with van der Waals surface area (Å²) in [5.74, 6) is 0.580. The van der Waals surface area contributed by atoms with Gasteiger partial charge in [0.1, 0.15) is 11.2 Å². The Kier molecular flexibility index (Phi) is 5.16. The first-order valence-corrected chi connectivity index (χ1v) is 9.53. The van der Waals surface area contributed by atoms with E-state index in [0.717, 1.165) is 16.7 Å². The van der Waals surface area contributed by atoms with Crippen LogP contribution in [0.2, 0.25) is 0 Å². The highest BCUT2D eigenvalue weighted by atomic mass is 15.1. The summed E-state index contributed by atoms with van der Waals surface area (Å²) in [5.41, 5.74) is 3.46. The van der Waals surface area contributed by atoms with Gasteiger partial charge in [-0.3, -0.25) is 0 Å². The fraction of sp³-hybridized carbons (Fsp3) is 0.0800. The summed E-state index contributed by atoms with van der Waals surface area (Å²) >= 11 is 0. The summed E-state index contributed by atoms with van der Waals surface area (Å²) in [6.45, 7) is 1.73. The Morgan fingerprint density at radius 3 is 1.52 bits per heavy atom. The first-order valence-electron chi connectivity index (χ1n) is 9.53. The summed E-state index contributed by atoms with van der Waals surface area (Å²) in [7, 11) is 0. The van der Waals surface area contributed by atoms with Gasteiger partial charge < -0.3 is 10.7 Å². The third kappa shape index (κ3) is 3.52. The molecule has 0 aliphatic heterocycles. The molecule has 4 heteroatoms. The van der Waals surface area contributed by atoms with Gasteiger partial charge in [0.05, 0.1) is 5.71 Å². The average Bonchev–Trinajstić information content (AvgIpc) is 2.79. The molecule has 4 nitrogen and oxygen atoms in total. The standard InChI is InChI=1S/C25H22N4/c1-19(26)23-24(28-18-17-27-23)29-25(20-11-5-2-6-12-20,21-13-7-3-8-14-21)22-15-9-4-10-16-22/h2-18,26H,1H3,(H,28,29). The highest BCUT2D eigenvalue weighted by Crippen LogP contribution is 2.39. The second-order valence-corrected chi connectivity index (χ2v) is 6.85. The molecule has 0 spiro atoms. The highest BCUT2D eigenvalue weighted by molar-refractivity contribution is 5.98. The molecule has 2 N–H and O–H groups in total. The first kappa shape index (κ1) is 18.6. The zero-order valence-corrected chi connectivity index (χ0v) is 16.2. The van der Waals surface area contributed by atoms with Gasteiger partial charge in [-0.15, -0.1) is 0 Å². The van der Waals surface area contributed by atoms with Crippen molar-refractivity contribution in [2.45, 2.75) is 12.5 Å². The largest absolute Gasteiger partial charge is 0.351 e. The van der Waals surface area contributed by atoms with E-state index in [4.69, 9.17) is 5.41 Å². The van der Waals surface area contributed by atoms with Gasteiger partial charge in [0, 0.05) is 12.4 Å². The predicted molar refractivity (Wildman–Crippen MR) is 117 cm³/mol. The van der Waals surface area contributed by atoms with Crippen molar-refractivity contribution < 1.29 is 0 Å². The van der Waals surface area contributed by atoms with Crippen molar-refractivity contribution >= 4 is 11.5 Å². The minimum absolute atomic E-state index is 0.365. The van der Waals surface area contributed by atoms with Crippen molar-refractivity contribution in [3.8, 4) is 0 Å². The van der Waals surface area contributed by atoms with Crippen LogP contribution < -0.4 is 5.32 Å². The fourth-order valence-electron chi connectivity index (χ4n) is 3.66. The van der Waals surface area contributed by atoms with E-state index >= 15 is 0 Å². The molecule has 0 amide bonds. The Morgan fingerprint density at radius 2 is 1.10 bits per heavy atom. The number of nitrogens with zero attached hydrogens (tertiary/aromatic N) is 2. The molecule has 0 aliphatic rings. The maximum absolute atomic E-state index is 8.16. The highest BCUT2D eigenvalue weighted by Gasteiger charge is 2.37. The van der Waals surface area contributed by atoms with Crippen LogP contribution in [0, 0.1) is 5.41 Å². The normalized spacial score (nSPS) is 11.1. The maximum atomic E-state index is 8.16. The third-order valence-electron chi connectivity index (χ3n) is 4.98. The second-order valence-electron chi connectivity index (χ2n) is 6.85. The lowest BCUT2D eigenvalue weighted by molar-refractivity contribution is 0.705. The van der Waals surface area contributed by atoms with E-state index in [1.54, 1.807) is 19.3 Å². The second kappa shape index (κ2) is 8.07. The molecule has 0 saturated carbocycles. The van der Waals surface area contributed by atoms with Gasteiger partial charge >= 0.3 is 0 Å². The van der Waals surface area contributed by atoms with Gasteiger partial charge in [-0.25, -0.2) is 9.97 Å². The number of nitrogens with one attached hydrogen (secondary N) is 2. The molecule has 0 aliphatic carbocycles. The number of hydrogen-bond acceptors (Lipinski definition) is 4. The molecular weight excluding hydrogens is 356 g/mol. The van der Waals surface area contributed by atoms with Gasteiger partial charge in [-0.05, 0) is 23.6 Å². The van der Waals surface area contributed by atoms with Crippen LogP contribution in [-0.4, -0.2) is 15.7 Å². The smallest absolute Gasteiger partial charge is 0.155 e.